The lowest BCUT2D eigenvalue weighted by Gasteiger charge is -2.27. The number of carbonyl (C=O) groups excluding carboxylic acids is 1. The molecule has 2 heterocycles. The molecule has 0 atom stereocenters. The highest BCUT2D eigenvalue weighted by molar-refractivity contribution is 5.99. The number of carbonyl (C=O) groups is 1. The third kappa shape index (κ3) is 2.88. The van der Waals surface area contributed by atoms with E-state index in [0.29, 0.717) is 6.54 Å². The molecule has 4 nitrogen and oxygen atoms in total. The molecule has 0 radical (unpaired) electrons. The monoisotopic (exact) mass is 321 g/mol. The molecule has 124 valence electrons. The first-order chi connectivity index (χ1) is 11.8. The number of hydrogen-bond donors (Lipinski definition) is 1. The van der Waals surface area contributed by atoms with Crippen molar-refractivity contribution in [2.45, 2.75) is 45.1 Å². The molecule has 24 heavy (non-hydrogen) atoms. The molecule has 0 unspecified atom stereocenters. The Balaban J connectivity index is 1.71. The van der Waals surface area contributed by atoms with Crippen LogP contribution in [0.25, 0.3) is 0 Å². The Hall–Kier alpha value is -2.36. The lowest BCUT2D eigenvalue weighted by molar-refractivity contribution is -0.122. The van der Waals surface area contributed by atoms with E-state index < -0.39 is 0 Å². The SMILES string of the molecule is O=C(C1CCCCCC1)N1Cc2cccnc2Nc2ccccc21. The van der Waals surface area contributed by atoms with Crippen molar-refractivity contribution in [1.82, 2.24) is 4.98 Å². The molecule has 1 saturated carbocycles. The summed E-state index contributed by atoms with van der Waals surface area (Å²) in [6.07, 6.45) is 8.68. The van der Waals surface area contributed by atoms with E-state index in [1.165, 1.54) is 25.7 Å². The van der Waals surface area contributed by atoms with E-state index in [1.807, 2.05) is 35.2 Å². The third-order valence-electron chi connectivity index (χ3n) is 5.14. The highest BCUT2D eigenvalue weighted by Gasteiger charge is 2.29. The number of benzene rings is 1. The topological polar surface area (TPSA) is 45.2 Å². The number of aromatic nitrogens is 1. The van der Waals surface area contributed by atoms with E-state index in [-0.39, 0.29) is 11.8 Å². The van der Waals surface area contributed by atoms with Crippen molar-refractivity contribution < 1.29 is 4.79 Å². The zero-order valence-corrected chi connectivity index (χ0v) is 13.9. The molecule has 1 fully saturated rings. The molecule has 2 aliphatic rings. The molecule has 1 aliphatic carbocycles. The maximum Gasteiger partial charge on any atom is 0.230 e. The van der Waals surface area contributed by atoms with Gasteiger partial charge in [-0.25, -0.2) is 4.98 Å². The lowest BCUT2D eigenvalue weighted by Crippen LogP contribution is -2.35. The minimum absolute atomic E-state index is 0.152. The van der Waals surface area contributed by atoms with Crippen molar-refractivity contribution in [3.05, 3.63) is 48.2 Å². The average Bonchev–Trinajstić information content (AvgIpc) is 2.98. The Kier molecular flexibility index (Phi) is 4.20. The number of nitrogens with one attached hydrogen (secondary N) is 1. The molecule has 0 bridgehead atoms. The van der Waals surface area contributed by atoms with Gasteiger partial charge in [0.1, 0.15) is 5.82 Å². The fourth-order valence-corrected chi connectivity index (χ4v) is 3.82. The molecule has 4 rings (SSSR count). The molecule has 0 saturated heterocycles. The predicted octanol–water partition coefficient (Wildman–Crippen LogP) is 4.64. The van der Waals surface area contributed by atoms with Crippen LogP contribution < -0.4 is 10.2 Å². The van der Waals surface area contributed by atoms with Crippen molar-refractivity contribution in [3.8, 4) is 0 Å². The number of pyridine rings is 1. The van der Waals surface area contributed by atoms with Gasteiger partial charge in [-0.3, -0.25) is 4.79 Å². The van der Waals surface area contributed by atoms with Crippen molar-refractivity contribution in [2.75, 3.05) is 10.2 Å². The van der Waals surface area contributed by atoms with Crippen molar-refractivity contribution in [3.63, 3.8) is 0 Å². The molecular weight excluding hydrogens is 298 g/mol. The molecule has 1 aromatic heterocycles. The van der Waals surface area contributed by atoms with Crippen LogP contribution in [0.4, 0.5) is 17.2 Å². The lowest BCUT2D eigenvalue weighted by atomic mass is 9.98. The maximum absolute atomic E-state index is 13.3. The van der Waals surface area contributed by atoms with Gasteiger partial charge in [-0.15, -0.1) is 0 Å². The van der Waals surface area contributed by atoms with Gasteiger partial charge in [-0.1, -0.05) is 43.9 Å². The second-order valence-corrected chi connectivity index (χ2v) is 6.77. The van der Waals surface area contributed by atoms with Crippen LogP contribution in [0.2, 0.25) is 0 Å². The van der Waals surface area contributed by atoms with E-state index in [0.717, 1.165) is 35.6 Å². The van der Waals surface area contributed by atoms with Gasteiger partial charge in [0.25, 0.3) is 0 Å². The normalized spacial score (nSPS) is 17.9. The summed E-state index contributed by atoms with van der Waals surface area (Å²) in [5, 5.41) is 3.40. The van der Waals surface area contributed by atoms with E-state index in [4.69, 9.17) is 0 Å². The van der Waals surface area contributed by atoms with Crippen LogP contribution >= 0.6 is 0 Å². The van der Waals surface area contributed by atoms with Crippen LogP contribution in [0.3, 0.4) is 0 Å². The number of para-hydroxylation sites is 2. The molecule has 1 amide bonds. The number of amides is 1. The molecule has 0 spiro atoms. The van der Waals surface area contributed by atoms with Gasteiger partial charge in [-0.2, -0.15) is 0 Å². The highest BCUT2D eigenvalue weighted by Crippen LogP contribution is 2.36. The first kappa shape index (κ1) is 15.2. The molecule has 1 N–H and O–H groups in total. The number of anilines is 3. The van der Waals surface area contributed by atoms with Crippen molar-refractivity contribution in [1.29, 1.82) is 0 Å². The zero-order valence-electron chi connectivity index (χ0n) is 13.9. The van der Waals surface area contributed by atoms with Crippen LogP contribution in [-0.4, -0.2) is 10.9 Å². The number of hydrogen-bond acceptors (Lipinski definition) is 3. The van der Waals surface area contributed by atoms with Crippen molar-refractivity contribution in [2.24, 2.45) is 5.92 Å². The van der Waals surface area contributed by atoms with Gasteiger partial charge in [0.2, 0.25) is 5.91 Å². The molecule has 1 aliphatic heterocycles. The Morgan fingerprint density at radius 1 is 1.04 bits per heavy atom. The Bertz CT molecular complexity index is 735. The van der Waals surface area contributed by atoms with Gasteiger partial charge < -0.3 is 10.2 Å². The number of fused-ring (bicyclic) bond motifs is 2. The molecule has 4 heteroatoms. The van der Waals surface area contributed by atoms with Gasteiger partial charge in [0.15, 0.2) is 0 Å². The fourth-order valence-electron chi connectivity index (χ4n) is 3.82. The molecular formula is C20H23N3O. The quantitative estimate of drug-likeness (QED) is 0.778. The largest absolute Gasteiger partial charge is 0.338 e. The average molecular weight is 321 g/mol. The van der Waals surface area contributed by atoms with Gasteiger partial charge in [0.05, 0.1) is 17.9 Å². The summed E-state index contributed by atoms with van der Waals surface area (Å²) in [4.78, 5) is 19.7. The second kappa shape index (κ2) is 6.63. The van der Waals surface area contributed by atoms with Crippen LogP contribution in [-0.2, 0) is 11.3 Å². The first-order valence-electron chi connectivity index (χ1n) is 8.94. The van der Waals surface area contributed by atoms with Gasteiger partial charge in [-0.05, 0) is 31.0 Å². The summed E-state index contributed by atoms with van der Waals surface area (Å²) < 4.78 is 0. The van der Waals surface area contributed by atoms with E-state index in [1.54, 1.807) is 6.20 Å². The predicted molar refractivity (Wildman–Crippen MR) is 96.3 cm³/mol. The number of nitrogens with zero attached hydrogens (tertiary/aromatic N) is 2. The summed E-state index contributed by atoms with van der Waals surface area (Å²) >= 11 is 0. The van der Waals surface area contributed by atoms with Crippen LogP contribution in [0.5, 0.6) is 0 Å². The standard InChI is InChI=1S/C20H23N3O/c24-20(15-8-3-1-2-4-9-15)23-14-16-10-7-13-21-19(16)22-17-11-5-6-12-18(17)23/h5-7,10-13,15H,1-4,8-9,14H2,(H,21,22). The van der Waals surface area contributed by atoms with Crippen LogP contribution in [0, 0.1) is 5.92 Å². The van der Waals surface area contributed by atoms with Gasteiger partial charge in [0, 0.05) is 17.7 Å². The summed E-state index contributed by atoms with van der Waals surface area (Å²) in [5.74, 6) is 1.27. The number of rotatable bonds is 1. The fraction of sp³-hybridized carbons (Fsp3) is 0.400. The van der Waals surface area contributed by atoms with E-state index in [9.17, 15) is 4.79 Å². The van der Waals surface area contributed by atoms with E-state index >= 15 is 0 Å². The summed E-state index contributed by atoms with van der Waals surface area (Å²) in [6.45, 7) is 0.586. The third-order valence-corrected chi connectivity index (χ3v) is 5.14. The second-order valence-electron chi connectivity index (χ2n) is 6.77. The highest BCUT2D eigenvalue weighted by atomic mass is 16.2. The summed E-state index contributed by atoms with van der Waals surface area (Å²) in [7, 11) is 0. The van der Waals surface area contributed by atoms with Crippen molar-refractivity contribution >= 4 is 23.1 Å². The minimum Gasteiger partial charge on any atom is -0.338 e. The molecule has 2 aromatic rings. The maximum atomic E-state index is 13.3. The minimum atomic E-state index is 0.152. The Labute approximate surface area is 142 Å². The zero-order chi connectivity index (χ0) is 16.4. The van der Waals surface area contributed by atoms with Crippen LogP contribution in [0.1, 0.15) is 44.1 Å². The van der Waals surface area contributed by atoms with Gasteiger partial charge >= 0.3 is 0 Å². The Morgan fingerprint density at radius 2 is 1.83 bits per heavy atom. The Morgan fingerprint density at radius 3 is 2.67 bits per heavy atom. The summed E-state index contributed by atoms with van der Waals surface area (Å²) in [5.41, 5.74) is 2.98. The summed E-state index contributed by atoms with van der Waals surface area (Å²) in [6, 6.07) is 12.0. The smallest absolute Gasteiger partial charge is 0.230 e. The van der Waals surface area contributed by atoms with Crippen LogP contribution in [0.15, 0.2) is 42.6 Å². The molecule has 1 aromatic carbocycles. The first-order valence-corrected chi connectivity index (χ1v) is 8.94. The van der Waals surface area contributed by atoms with E-state index in [2.05, 4.69) is 16.4 Å².